The summed E-state index contributed by atoms with van der Waals surface area (Å²) >= 11 is 0. The maximum atomic E-state index is 11.0. The molecule has 2 heteroatoms. The molecule has 0 amide bonds. The molecule has 1 aromatic rings. The summed E-state index contributed by atoms with van der Waals surface area (Å²) in [7, 11) is 0. The third-order valence-electron chi connectivity index (χ3n) is 4.30. The summed E-state index contributed by atoms with van der Waals surface area (Å²) in [6.45, 7) is 4.42. The molecule has 1 saturated carbocycles. The zero-order valence-corrected chi connectivity index (χ0v) is 11.3. The standard InChI is InChI=1S/C16H22O2/c1-3-12(4-2)13-7-5-6-8-14(13)16(9-10-16)11-15(17)18/h5-8,12H,3-4,9-11H2,1-2H3,(H,17,18). The van der Waals surface area contributed by atoms with Crippen molar-refractivity contribution in [3.63, 3.8) is 0 Å². The van der Waals surface area contributed by atoms with Crippen LogP contribution in [0, 0.1) is 0 Å². The molecule has 0 unspecified atom stereocenters. The van der Waals surface area contributed by atoms with Crippen molar-refractivity contribution in [1.82, 2.24) is 0 Å². The van der Waals surface area contributed by atoms with Gasteiger partial charge in [-0.05, 0) is 42.7 Å². The number of carboxylic acid groups (broad SMARTS) is 1. The molecule has 2 nitrogen and oxygen atoms in total. The first-order chi connectivity index (χ1) is 8.63. The molecule has 98 valence electrons. The normalized spacial score (nSPS) is 16.8. The van der Waals surface area contributed by atoms with Crippen molar-refractivity contribution in [3.05, 3.63) is 35.4 Å². The number of carboxylic acids is 1. The van der Waals surface area contributed by atoms with Gasteiger partial charge in [0.05, 0.1) is 6.42 Å². The van der Waals surface area contributed by atoms with Crippen molar-refractivity contribution >= 4 is 5.97 Å². The number of hydrogen-bond donors (Lipinski definition) is 1. The van der Waals surface area contributed by atoms with Gasteiger partial charge in [0.15, 0.2) is 0 Å². The summed E-state index contributed by atoms with van der Waals surface area (Å²) in [4.78, 5) is 11.0. The molecule has 1 aliphatic rings. The second kappa shape index (κ2) is 5.13. The zero-order valence-electron chi connectivity index (χ0n) is 11.3. The Bertz CT molecular complexity index is 428. The molecule has 0 aliphatic heterocycles. The highest BCUT2D eigenvalue weighted by molar-refractivity contribution is 5.70. The Labute approximate surface area is 109 Å². The molecule has 0 heterocycles. The first-order valence-electron chi connectivity index (χ1n) is 6.94. The average molecular weight is 246 g/mol. The fraction of sp³-hybridized carbons (Fsp3) is 0.562. The van der Waals surface area contributed by atoms with Gasteiger partial charge in [-0.25, -0.2) is 0 Å². The van der Waals surface area contributed by atoms with Crippen LogP contribution in [0.2, 0.25) is 0 Å². The van der Waals surface area contributed by atoms with Gasteiger partial charge in [-0.15, -0.1) is 0 Å². The van der Waals surface area contributed by atoms with E-state index in [9.17, 15) is 4.79 Å². The molecular formula is C16H22O2. The van der Waals surface area contributed by atoms with Crippen molar-refractivity contribution in [2.75, 3.05) is 0 Å². The Morgan fingerprint density at radius 1 is 1.28 bits per heavy atom. The molecule has 0 spiro atoms. The maximum absolute atomic E-state index is 11.0. The van der Waals surface area contributed by atoms with Crippen LogP contribution in [0.3, 0.4) is 0 Å². The third-order valence-corrected chi connectivity index (χ3v) is 4.30. The van der Waals surface area contributed by atoms with E-state index in [1.807, 2.05) is 6.07 Å². The van der Waals surface area contributed by atoms with E-state index in [2.05, 4.69) is 32.0 Å². The van der Waals surface area contributed by atoms with Crippen LogP contribution in [0.25, 0.3) is 0 Å². The molecule has 0 radical (unpaired) electrons. The highest BCUT2D eigenvalue weighted by atomic mass is 16.4. The Kier molecular flexibility index (Phi) is 3.74. The van der Waals surface area contributed by atoms with E-state index < -0.39 is 5.97 Å². The fourth-order valence-corrected chi connectivity index (χ4v) is 3.05. The van der Waals surface area contributed by atoms with E-state index in [4.69, 9.17) is 5.11 Å². The van der Waals surface area contributed by atoms with Gasteiger partial charge in [-0.1, -0.05) is 38.1 Å². The predicted octanol–water partition coefficient (Wildman–Crippen LogP) is 4.10. The molecule has 0 atom stereocenters. The van der Waals surface area contributed by atoms with Crippen LogP contribution in [-0.2, 0) is 10.2 Å². The Morgan fingerprint density at radius 2 is 1.89 bits per heavy atom. The van der Waals surface area contributed by atoms with Gasteiger partial charge in [-0.2, -0.15) is 0 Å². The number of benzene rings is 1. The molecule has 0 saturated heterocycles. The highest BCUT2D eigenvalue weighted by Crippen LogP contribution is 2.53. The number of rotatable bonds is 6. The van der Waals surface area contributed by atoms with Crippen LogP contribution in [0.1, 0.15) is 63.0 Å². The van der Waals surface area contributed by atoms with Crippen molar-refractivity contribution < 1.29 is 9.90 Å². The van der Waals surface area contributed by atoms with E-state index in [1.54, 1.807) is 0 Å². The monoisotopic (exact) mass is 246 g/mol. The van der Waals surface area contributed by atoms with Crippen molar-refractivity contribution in [2.45, 2.75) is 57.3 Å². The Balaban J connectivity index is 2.36. The van der Waals surface area contributed by atoms with Gasteiger partial charge in [0.2, 0.25) is 0 Å². The van der Waals surface area contributed by atoms with E-state index in [-0.39, 0.29) is 11.8 Å². The molecular weight excluding hydrogens is 224 g/mol. The van der Waals surface area contributed by atoms with E-state index >= 15 is 0 Å². The topological polar surface area (TPSA) is 37.3 Å². The van der Waals surface area contributed by atoms with Crippen LogP contribution in [0.5, 0.6) is 0 Å². The lowest BCUT2D eigenvalue weighted by molar-refractivity contribution is -0.137. The summed E-state index contributed by atoms with van der Waals surface area (Å²) in [6, 6.07) is 8.45. The van der Waals surface area contributed by atoms with E-state index in [1.165, 1.54) is 11.1 Å². The predicted molar refractivity (Wildman–Crippen MR) is 72.9 cm³/mol. The zero-order chi connectivity index (χ0) is 13.2. The Hall–Kier alpha value is -1.31. The van der Waals surface area contributed by atoms with Crippen LogP contribution < -0.4 is 0 Å². The molecule has 1 N–H and O–H groups in total. The summed E-state index contributed by atoms with van der Waals surface area (Å²) in [5.41, 5.74) is 2.60. The molecule has 0 aromatic heterocycles. The van der Waals surface area contributed by atoms with Crippen LogP contribution >= 0.6 is 0 Å². The van der Waals surface area contributed by atoms with Crippen molar-refractivity contribution in [1.29, 1.82) is 0 Å². The maximum Gasteiger partial charge on any atom is 0.304 e. The summed E-state index contributed by atoms with van der Waals surface area (Å²) in [5, 5.41) is 9.09. The second-order valence-corrected chi connectivity index (χ2v) is 5.45. The molecule has 1 fully saturated rings. The molecule has 1 aliphatic carbocycles. The number of hydrogen-bond acceptors (Lipinski definition) is 1. The second-order valence-electron chi connectivity index (χ2n) is 5.45. The van der Waals surface area contributed by atoms with Crippen LogP contribution in [-0.4, -0.2) is 11.1 Å². The van der Waals surface area contributed by atoms with Gasteiger partial charge < -0.3 is 5.11 Å². The minimum absolute atomic E-state index is 0.0645. The van der Waals surface area contributed by atoms with Gasteiger partial charge in [-0.3, -0.25) is 4.79 Å². The lowest BCUT2D eigenvalue weighted by atomic mass is 9.82. The lowest BCUT2D eigenvalue weighted by Gasteiger charge is -2.23. The van der Waals surface area contributed by atoms with Crippen molar-refractivity contribution in [3.8, 4) is 0 Å². The minimum Gasteiger partial charge on any atom is -0.481 e. The molecule has 18 heavy (non-hydrogen) atoms. The van der Waals surface area contributed by atoms with Gasteiger partial charge >= 0.3 is 5.97 Å². The number of carbonyl (C=O) groups is 1. The first kappa shape index (κ1) is 13.1. The summed E-state index contributed by atoms with van der Waals surface area (Å²) < 4.78 is 0. The lowest BCUT2D eigenvalue weighted by Crippen LogP contribution is -2.16. The SMILES string of the molecule is CCC(CC)c1ccccc1C1(CC(=O)O)CC1. The van der Waals surface area contributed by atoms with Crippen LogP contribution in [0.15, 0.2) is 24.3 Å². The smallest absolute Gasteiger partial charge is 0.304 e. The molecule has 0 bridgehead atoms. The van der Waals surface area contributed by atoms with Crippen molar-refractivity contribution in [2.24, 2.45) is 0 Å². The van der Waals surface area contributed by atoms with E-state index in [0.29, 0.717) is 5.92 Å². The quantitative estimate of drug-likeness (QED) is 0.820. The third kappa shape index (κ3) is 2.43. The van der Waals surface area contributed by atoms with Crippen LogP contribution in [0.4, 0.5) is 0 Å². The summed E-state index contributed by atoms with van der Waals surface area (Å²) in [6.07, 6.45) is 4.57. The number of aliphatic carboxylic acids is 1. The van der Waals surface area contributed by atoms with Gasteiger partial charge in [0.25, 0.3) is 0 Å². The minimum atomic E-state index is -0.674. The van der Waals surface area contributed by atoms with Gasteiger partial charge in [0, 0.05) is 5.41 Å². The average Bonchev–Trinajstić information content (AvgIpc) is 3.11. The molecule has 2 rings (SSSR count). The first-order valence-corrected chi connectivity index (χ1v) is 6.94. The van der Waals surface area contributed by atoms with Gasteiger partial charge in [0.1, 0.15) is 0 Å². The summed E-state index contributed by atoms with van der Waals surface area (Å²) in [5.74, 6) is -0.112. The largest absolute Gasteiger partial charge is 0.481 e. The molecule has 1 aromatic carbocycles. The fourth-order valence-electron chi connectivity index (χ4n) is 3.05. The Morgan fingerprint density at radius 3 is 2.39 bits per heavy atom. The van der Waals surface area contributed by atoms with E-state index in [0.717, 1.165) is 25.7 Å². The highest BCUT2D eigenvalue weighted by Gasteiger charge is 2.47.